The predicted octanol–water partition coefficient (Wildman–Crippen LogP) is 3.62. The van der Waals surface area contributed by atoms with Gasteiger partial charge in [0.1, 0.15) is 0 Å². The van der Waals surface area contributed by atoms with Gasteiger partial charge in [-0.05, 0) is 62.5 Å². The van der Waals surface area contributed by atoms with Gasteiger partial charge in [-0.15, -0.1) is 0 Å². The third kappa shape index (κ3) is 1.07. The molecule has 0 radical (unpaired) electrons. The van der Waals surface area contributed by atoms with Gasteiger partial charge in [-0.25, -0.2) is 0 Å². The third-order valence-corrected chi connectivity index (χ3v) is 2.78. The van der Waals surface area contributed by atoms with Gasteiger partial charge >= 0.3 is 0 Å². The van der Waals surface area contributed by atoms with Crippen LogP contribution in [-0.4, -0.2) is 0 Å². The van der Waals surface area contributed by atoms with Gasteiger partial charge < -0.3 is 0 Å². The van der Waals surface area contributed by atoms with E-state index in [9.17, 15) is 0 Å². The zero-order chi connectivity index (χ0) is 8.59. The first-order chi connectivity index (χ1) is 5.09. The highest BCUT2D eigenvalue weighted by molar-refractivity contribution is 5.60. The van der Waals surface area contributed by atoms with Crippen LogP contribution in [-0.2, 0) is 0 Å². The SMILES string of the molecule is CC=C1C(C)=C(C)C(C)=C1C. The van der Waals surface area contributed by atoms with Crippen LogP contribution in [0.25, 0.3) is 0 Å². The molecule has 0 bridgehead atoms. The van der Waals surface area contributed by atoms with E-state index < -0.39 is 0 Å². The first-order valence-electron chi connectivity index (χ1n) is 4.12. The van der Waals surface area contributed by atoms with E-state index in [0.29, 0.717) is 0 Å². The second kappa shape index (κ2) is 2.69. The van der Waals surface area contributed by atoms with E-state index in [4.69, 9.17) is 0 Å². The van der Waals surface area contributed by atoms with E-state index in [1.54, 1.807) is 0 Å². The summed E-state index contributed by atoms with van der Waals surface area (Å²) in [7, 11) is 0. The predicted molar refractivity (Wildman–Crippen MR) is 50.5 cm³/mol. The molecule has 11 heavy (non-hydrogen) atoms. The van der Waals surface area contributed by atoms with Crippen LogP contribution in [0.5, 0.6) is 0 Å². The molecule has 0 aromatic carbocycles. The van der Waals surface area contributed by atoms with Crippen LogP contribution in [0.1, 0.15) is 34.6 Å². The van der Waals surface area contributed by atoms with E-state index in [1.807, 2.05) is 0 Å². The number of rotatable bonds is 0. The lowest BCUT2D eigenvalue weighted by molar-refractivity contribution is 1.31. The highest BCUT2D eigenvalue weighted by Crippen LogP contribution is 2.35. The topological polar surface area (TPSA) is 0 Å². The molecular formula is C11H16. The minimum absolute atomic E-state index is 1.43. The zero-order valence-electron chi connectivity index (χ0n) is 8.08. The second-order valence-electron chi connectivity index (χ2n) is 3.20. The summed E-state index contributed by atoms with van der Waals surface area (Å²) in [4.78, 5) is 0. The summed E-state index contributed by atoms with van der Waals surface area (Å²) in [5, 5.41) is 0. The monoisotopic (exact) mass is 148 g/mol. The Morgan fingerprint density at radius 2 is 1.09 bits per heavy atom. The van der Waals surface area contributed by atoms with Gasteiger partial charge in [0, 0.05) is 0 Å². The van der Waals surface area contributed by atoms with Crippen LogP contribution in [0.3, 0.4) is 0 Å². The number of allylic oxidation sites excluding steroid dienone is 6. The summed E-state index contributed by atoms with van der Waals surface area (Å²) >= 11 is 0. The zero-order valence-corrected chi connectivity index (χ0v) is 8.08. The molecule has 0 heteroatoms. The maximum Gasteiger partial charge on any atom is -0.0235 e. The summed E-state index contributed by atoms with van der Waals surface area (Å²) in [5.41, 5.74) is 7.23. The van der Waals surface area contributed by atoms with Gasteiger partial charge in [0.2, 0.25) is 0 Å². The summed E-state index contributed by atoms with van der Waals surface area (Å²) in [6.45, 7) is 10.9. The van der Waals surface area contributed by atoms with Crippen molar-refractivity contribution in [3.05, 3.63) is 33.9 Å². The molecule has 0 fully saturated rings. The molecule has 0 heterocycles. The molecule has 0 aromatic heterocycles. The van der Waals surface area contributed by atoms with Gasteiger partial charge in [0.05, 0.1) is 0 Å². The lowest BCUT2D eigenvalue weighted by Gasteiger charge is -1.99. The largest absolute Gasteiger partial charge is 0.0798 e. The van der Waals surface area contributed by atoms with Crippen LogP contribution >= 0.6 is 0 Å². The Hall–Kier alpha value is -0.780. The quantitative estimate of drug-likeness (QED) is 0.492. The molecule has 1 aliphatic carbocycles. The Bertz CT molecular complexity index is 246. The van der Waals surface area contributed by atoms with Crippen molar-refractivity contribution in [1.82, 2.24) is 0 Å². The highest BCUT2D eigenvalue weighted by atomic mass is 14.2. The molecule has 0 spiro atoms. The molecule has 0 nitrogen and oxygen atoms in total. The van der Waals surface area contributed by atoms with Crippen molar-refractivity contribution in [3.63, 3.8) is 0 Å². The fourth-order valence-electron chi connectivity index (χ4n) is 1.68. The van der Waals surface area contributed by atoms with E-state index in [0.717, 1.165) is 0 Å². The molecular weight excluding hydrogens is 132 g/mol. The maximum absolute atomic E-state index is 2.20. The maximum atomic E-state index is 2.20. The Morgan fingerprint density at radius 3 is 1.27 bits per heavy atom. The van der Waals surface area contributed by atoms with Crippen molar-refractivity contribution in [1.29, 1.82) is 0 Å². The van der Waals surface area contributed by atoms with Gasteiger partial charge in [-0.3, -0.25) is 0 Å². The Morgan fingerprint density at radius 1 is 0.727 bits per heavy atom. The molecule has 0 saturated carbocycles. The average molecular weight is 148 g/mol. The van der Waals surface area contributed by atoms with Crippen LogP contribution in [0.2, 0.25) is 0 Å². The van der Waals surface area contributed by atoms with E-state index >= 15 is 0 Å². The van der Waals surface area contributed by atoms with Crippen LogP contribution < -0.4 is 0 Å². The Kier molecular flexibility index (Phi) is 2.03. The van der Waals surface area contributed by atoms with Gasteiger partial charge in [0.25, 0.3) is 0 Å². The Balaban J connectivity index is 3.26. The lowest BCUT2D eigenvalue weighted by Crippen LogP contribution is -1.80. The van der Waals surface area contributed by atoms with Crippen LogP contribution in [0.4, 0.5) is 0 Å². The molecule has 0 unspecified atom stereocenters. The fraction of sp³-hybridized carbons (Fsp3) is 0.455. The molecule has 0 saturated heterocycles. The molecule has 1 aliphatic rings. The summed E-state index contributed by atoms with van der Waals surface area (Å²) in [6.07, 6.45) is 2.20. The molecule has 0 aromatic rings. The minimum atomic E-state index is 1.43. The number of hydrogen-bond acceptors (Lipinski definition) is 0. The van der Waals surface area contributed by atoms with Gasteiger partial charge in [-0.1, -0.05) is 6.08 Å². The van der Waals surface area contributed by atoms with Crippen molar-refractivity contribution >= 4 is 0 Å². The first-order valence-corrected chi connectivity index (χ1v) is 4.12. The third-order valence-electron chi connectivity index (χ3n) is 2.78. The molecule has 60 valence electrons. The molecule has 0 aliphatic heterocycles. The molecule has 1 rings (SSSR count). The fourth-order valence-corrected chi connectivity index (χ4v) is 1.68. The van der Waals surface area contributed by atoms with E-state index in [-0.39, 0.29) is 0 Å². The first kappa shape index (κ1) is 8.32. The lowest BCUT2D eigenvalue weighted by atomic mass is 10.1. The van der Waals surface area contributed by atoms with Crippen molar-refractivity contribution in [3.8, 4) is 0 Å². The van der Waals surface area contributed by atoms with Crippen molar-refractivity contribution in [2.24, 2.45) is 0 Å². The highest BCUT2D eigenvalue weighted by Gasteiger charge is 2.16. The van der Waals surface area contributed by atoms with Crippen LogP contribution in [0.15, 0.2) is 33.9 Å². The number of hydrogen-bond donors (Lipinski definition) is 0. The summed E-state index contributed by atoms with van der Waals surface area (Å²) < 4.78 is 0. The molecule has 0 N–H and O–H groups in total. The van der Waals surface area contributed by atoms with E-state index in [1.165, 1.54) is 27.9 Å². The minimum Gasteiger partial charge on any atom is -0.0798 e. The summed E-state index contributed by atoms with van der Waals surface area (Å²) in [6, 6.07) is 0. The van der Waals surface area contributed by atoms with Gasteiger partial charge in [0.15, 0.2) is 0 Å². The van der Waals surface area contributed by atoms with Crippen molar-refractivity contribution < 1.29 is 0 Å². The molecule has 0 atom stereocenters. The smallest absolute Gasteiger partial charge is 0.0235 e. The second-order valence-corrected chi connectivity index (χ2v) is 3.20. The standard InChI is InChI=1S/C11H16/c1-6-11-9(4)7(2)8(3)10(11)5/h6H,1-5H3. The normalized spacial score (nSPS) is 18.5. The van der Waals surface area contributed by atoms with Gasteiger partial charge in [-0.2, -0.15) is 0 Å². The van der Waals surface area contributed by atoms with E-state index in [2.05, 4.69) is 40.7 Å². The average Bonchev–Trinajstić information content (AvgIpc) is 2.17. The van der Waals surface area contributed by atoms with Crippen molar-refractivity contribution in [2.75, 3.05) is 0 Å². The summed E-state index contributed by atoms with van der Waals surface area (Å²) in [5.74, 6) is 0. The Labute approximate surface area is 69.3 Å². The van der Waals surface area contributed by atoms with Crippen LogP contribution in [0, 0.1) is 0 Å². The van der Waals surface area contributed by atoms with Crippen molar-refractivity contribution in [2.45, 2.75) is 34.6 Å². The molecule has 0 amide bonds.